The van der Waals surface area contributed by atoms with Gasteiger partial charge in [0.1, 0.15) is 0 Å². The summed E-state index contributed by atoms with van der Waals surface area (Å²) in [5.74, 6) is 0.863. The topological polar surface area (TPSA) is 64.0 Å². The molecule has 6 nitrogen and oxygen atoms in total. The van der Waals surface area contributed by atoms with Crippen molar-refractivity contribution in [1.29, 1.82) is 0 Å². The average Bonchev–Trinajstić information content (AvgIpc) is 3.10. The molecule has 2 aromatic rings. The number of aliphatic hydroxyl groups excluding tert-OH is 1. The van der Waals surface area contributed by atoms with Gasteiger partial charge in [-0.05, 0) is 30.9 Å². The number of halogens is 1. The molecule has 29 heavy (non-hydrogen) atoms. The highest BCUT2D eigenvalue weighted by atomic mass is 127. The van der Waals surface area contributed by atoms with Crippen LogP contribution in [0.4, 0.5) is 0 Å². The number of thiazole rings is 1. The quantitative estimate of drug-likeness (QED) is 0.342. The lowest BCUT2D eigenvalue weighted by atomic mass is 10.1. The maximum Gasteiger partial charge on any atom is 0.194 e. The van der Waals surface area contributed by atoms with Crippen molar-refractivity contribution < 1.29 is 5.11 Å². The van der Waals surface area contributed by atoms with E-state index in [2.05, 4.69) is 54.7 Å². The predicted molar refractivity (Wildman–Crippen MR) is 131 cm³/mol. The fraction of sp³-hybridized carbons (Fsp3) is 0.524. The third kappa shape index (κ3) is 7.51. The molecule has 0 radical (unpaired) electrons. The monoisotopic (exact) mass is 529 g/mol. The van der Waals surface area contributed by atoms with Gasteiger partial charge >= 0.3 is 0 Å². The Hall–Kier alpha value is -1.23. The van der Waals surface area contributed by atoms with Crippen molar-refractivity contribution in [3.8, 4) is 0 Å². The molecular weight excluding hydrogens is 497 g/mol. The molecule has 2 heterocycles. The molecule has 0 amide bonds. The molecule has 1 fully saturated rings. The summed E-state index contributed by atoms with van der Waals surface area (Å²) in [5.41, 5.74) is 3.62. The van der Waals surface area contributed by atoms with E-state index in [0.29, 0.717) is 0 Å². The second-order valence-electron chi connectivity index (χ2n) is 7.44. The highest BCUT2D eigenvalue weighted by Gasteiger charge is 2.16. The van der Waals surface area contributed by atoms with Crippen LogP contribution in [0.25, 0.3) is 0 Å². The Morgan fingerprint density at radius 1 is 1.28 bits per heavy atom. The number of guanidine groups is 1. The van der Waals surface area contributed by atoms with Crippen molar-refractivity contribution >= 4 is 41.3 Å². The first-order valence-corrected chi connectivity index (χ1v) is 10.7. The Labute approximate surface area is 195 Å². The van der Waals surface area contributed by atoms with Gasteiger partial charge in [0.25, 0.3) is 0 Å². The Morgan fingerprint density at radius 3 is 2.52 bits per heavy atom. The summed E-state index contributed by atoms with van der Waals surface area (Å²) in [6.07, 6.45) is 1.65. The van der Waals surface area contributed by atoms with Gasteiger partial charge < -0.3 is 15.3 Å². The summed E-state index contributed by atoms with van der Waals surface area (Å²) < 4.78 is 0. The van der Waals surface area contributed by atoms with E-state index in [-0.39, 0.29) is 30.1 Å². The fourth-order valence-corrected chi connectivity index (χ4v) is 4.07. The molecule has 3 rings (SSSR count). The zero-order valence-corrected chi connectivity index (χ0v) is 20.6. The number of aliphatic hydroxyl groups is 1. The lowest BCUT2D eigenvalue weighted by Gasteiger charge is -2.29. The van der Waals surface area contributed by atoms with Gasteiger partial charge in [-0.3, -0.25) is 9.89 Å². The van der Waals surface area contributed by atoms with Crippen molar-refractivity contribution in [1.82, 2.24) is 20.1 Å². The van der Waals surface area contributed by atoms with Gasteiger partial charge in [0, 0.05) is 45.7 Å². The van der Waals surface area contributed by atoms with Crippen LogP contribution in [0.2, 0.25) is 0 Å². The molecule has 1 aromatic heterocycles. The van der Waals surface area contributed by atoms with Gasteiger partial charge in [-0.1, -0.05) is 24.3 Å². The SMILES string of the molecule is CN=C(NCc1ccc(CN2CCC(O)CC2)cc1)N(C)Cc1csc(C)n1.I. The maximum absolute atomic E-state index is 9.63. The Kier molecular flexibility index (Phi) is 9.81. The number of aliphatic imine (C=N–C) groups is 1. The summed E-state index contributed by atoms with van der Waals surface area (Å²) in [5, 5.41) is 16.2. The van der Waals surface area contributed by atoms with E-state index in [1.165, 1.54) is 11.1 Å². The molecule has 0 saturated carbocycles. The number of rotatable bonds is 6. The number of benzene rings is 1. The van der Waals surface area contributed by atoms with Crippen LogP contribution in [0, 0.1) is 6.92 Å². The Morgan fingerprint density at radius 2 is 1.93 bits per heavy atom. The van der Waals surface area contributed by atoms with Crippen LogP contribution in [-0.2, 0) is 19.6 Å². The molecule has 1 aliphatic heterocycles. The van der Waals surface area contributed by atoms with E-state index < -0.39 is 0 Å². The predicted octanol–water partition coefficient (Wildman–Crippen LogP) is 3.23. The van der Waals surface area contributed by atoms with Crippen molar-refractivity contribution in [2.24, 2.45) is 4.99 Å². The van der Waals surface area contributed by atoms with Gasteiger partial charge in [-0.25, -0.2) is 4.98 Å². The van der Waals surface area contributed by atoms with Gasteiger partial charge in [-0.15, -0.1) is 35.3 Å². The molecule has 160 valence electrons. The first-order valence-electron chi connectivity index (χ1n) is 9.84. The summed E-state index contributed by atoms with van der Waals surface area (Å²) in [4.78, 5) is 13.4. The minimum absolute atomic E-state index is 0. The van der Waals surface area contributed by atoms with Crippen LogP contribution in [0.1, 0.15) is 34.7 Å². The van der Waals surface area contributed by atoms with E-state index in [1.54, 1.807) is 11.3 Å². The lowest BCUT2D eigenvalue weighted by molar-refractivity contribution is 0.0792. The number of piperidine rings is 1. The molecule has 0 bridgehead atoms. The third-order valence-corrected chi connectivity index (χ3v) is 5.90. The van der Waals surface area contributed by atoms with Gasteiger partial charge in [0.15, 0.2) is 5.96 Å². The van der Waals surface area contributed by atoms with E-state index in [0.717, 1.165) is 62.2 Å². The number of hydrogen-bond acceptors (Lipinski definition) is 5. The number of hydrogen-bond donors (Lipinski definition) is 2. The number of aromatic nitrogens is 1. The smallest absolute Gasteiger partial charge is 0.194 e. The molecule has 1 saturated heterocycles. The zero-order valence-electron chi connectivity index (χ0n) is 17.5. The third-order valence-electron chi connectivity index (χ3n) is 5.08. The summed E-state index contributed by atoms with van der Waals surface area (Å²) in [7, 11) is 3.84. The van der Waals surface area contributed by atoms with Crippen LogP contribution < -0.4 is 5.32 Å². The summed E-state index contributed by atoms with van der Waals surface area (Å²) in [6, 6.07) is 8.76. The van der Waals surface area contributed by atoms with Crippen LogP contribution in [0.5, 0.6) is 0 Å². The number of nitrogens with one attached hydrogen (secondary N) is 1. The van der Waals surface area contributed by atoms with Crippen LogP contribution in [0.3, 0.4) is 0 Å². The minimum Gasteiger partial charge on any atom is -0.393 e. The van der Waals surface area contributed by atoms with Crippen LogP contribution in [-0.4, -0.2) is 59.1 Å². The van der Waals surface area contributed by atoms with Crippen molar-refractivity contribution in [3.05, 3.63) is 51.5 Å². The molecule has 0 aliphatic carbocycles. The molecule has 0 unspecified atom stereocenters. The standard InChI is InChI=1S/C21H31N5OS.HI/c1-16-24-19(15-28-16)14-25(3)21(22-2)23-12-17-4-6-18(7-5-17)13-26-10-8-20(27)9-11-26;/h4-7,15,20,27H,8-14H2,1-3H3,(H,22,23);1H. The number of nitrogens with zero attached hydrogens (tertiary/aromatic N) is 4. The summed E-state index contributed by atoms with van der Waals surface area (Å²) in [6.45, 7) is 6.42. The van der Waals surface area contributed by atoms with Gasteiger partial charge in [-0.2, -0.15) is 0 Å². The van der Waals surface area contributed by atoms with E-state index >= 15 is 0 Å². The largest absolute Gasteiger partial charge is 0.393 e. The van der Waals surface area contributed by atoms with Crippen molar-refractivity contribution in [2.45, 2.75) is 45.5 Å². The minimum atomic E-state index is -0.114. The first kappa shape index (κ1) is 24.0. The fourth-order valence-electron chi connectivity index (χ4n) is 3.46. The Balaban J connectivity index is 0.00000300. The van der Waals surface area contributed by atoms with Crippen LogP contribution in [0.15, 0.2) is 34.6 Å². The highest BCUT2D eigenvalue weighted by Crippen LogP contribution is 2.14. The molecule has 2 N–H and O–H groups in total. The van der Waals surface area contributed by atoms with Crippen LogP contribution >= 0.6 is 35.3 Å². The Bertz CT molecular complexity index is 772. The lowest BCUT2D eigenvalue weighted by Crippen LogP contribution is -2.38. The molecule has 0 spiro atoms. The van der Waals surface area contributed by atoms with Gasteiger partial charge in [0.2, 0.25) is 0 Å². The van der Waals surface area contributed by atoms with Gasteiger partial charge in [0.05, 0.1) is 23.4 Å². The summed E-state index contributed by atoms with van der Waals surface area (Å²) >= 11 is 1.68. The first-order chi connectivity index (χ1) is 13.5. The molecule has 1 aliphatic rings. The number of likely N-dealkylation sites (tertiary alicyclic amines) is 1. The maximum atomic E-state index is 9.63. The molecule has 8 heteroatoms. The van der Waals surface area contributed by atoms with Crippen molar-refractivity contribution in [3.63, 3.8) is 0 Å². The number of aryl methyl sites for hydroxylation is 1. The molecule has 1 aromatic carbocycles. The second-order valence-corrected chi connectivity index (χ2v) is 8.50. The van der Waals surface area contributed by atoms with Crippen molar-refractivity contribution in [2.75, 3.05) is 27.2 Å². The van der Waals surface area contributed by atoms with E-state index in [4.69, 9.17) is 0 Å². The zero-order chi connectivity index (χ0) is 19.9. The molecule has 0 atom stereocenters. The normalized spacial score (nSPS) is 15.8. The van der Waals surface area contributed by atoms with E-state index in [1.807, 2.05) is 21.0 Å². The van der Waals surface area contributed by atoms with E-state index in [9.17, 15) is 5.11 Å². The highest BCUT2D eigenvalue weighted by molar-refractivity contribution is 14.0. The average molecular weight is 529 g/mol. The molecular formula is C21H32IN5OS. The second kappa shape index (κ2) is 11.8.